The van der Waals surface area contributed by atoms with Crippen LogP contribution in [0.4, 0.5) is 8.78 Å². The molecule has 2 rings (SSSR count). The van der Waals surface area contributed by atoms with Crippen molar-refractivity contribution in [3.63, 3.8) is 0 Å². The summed E-state index contributed by atoms with van der Waals surface area (Å²) < 4.78 is 27.0. The van der Waals surface area contributed by atoms with E-state index in [1.165, 1.54) is 0 Å². The lowest BCUT2D eigenvalue weighted by atomic mass is 9.80. The summed E-state index contributed by atoms with van der Waals surface area (Å²) in [6.07, 6.45) is 1.01. The van der Waals surface area contributed by atoms with E-state index < -0.39 is 5.92 Å². The third-order valence-electron chi connectivity index (χ3n) is 3.27. The van der Waals surface area contributed by atoms with Crippen LogP contribution in [0.25, 0.3) is 0 Å². The first-order valence-electron chi connectivity index (χ1n) is 5.34. The Balaban J connectivity index is 2.02. The summed E-state index contributed by atoms with van der Waals surface area (Å²) >= 11 is 5.02. The minimum atomic E-state index is -2.47. The molecule has 0 saturated heterocycles. The monoisotopic (exact) mass is 309 g/mol. The summed E-state index contributed by atoms with van der Waals surface area (Å²) in [5.41, 5.74) is 7.19. The maximum atomic E-state index is 13.0. The molecular formula is C11H14BrF2NS. The second kappa shape index (κ2) is 4.70. The summed E-state index contributed by atoms with van der Waals surface area (Å²) in [6.45, 7) is 0. The molecule has 1 aromatic rings. The van der Waals surface area contributed by atoms with E-state index in [0.29, 0.717) is 12.8 Å². The summed E-state index contributed by atoms with van der Waals surface area (Å²) in [7, 11) is 0. The van der Waals surface area contributed by atoms with Gasteiger partial charge in [0.1, 0.15) is 0 Å². The van der Waals surface area contributed by atoms with Gasteiger partial charge in [-0.25, -0.2) is 8.78 Å². The second-order valence-corrected chi connectivity index (χ2v) is 5.99. The Morgan fingerprint density at radius 1 is 1.38 bits per heavy atom. The Morgan fingerprint density at radius 3 is 2.50 bits per heavy atom. The number of hydrogen-bond donors (Lipinski definition) is 1. The molecule has 1 saturated carbocycles. The zero-order chi connectivity index (χ0) is 11.8. The van der Waals surface area contributed by atoms with Gasteiger partial charge in [0.25, 0.3) is 0 Å². The average Bonchev–Trinajstić information content (AvgIpc) is 2.63. The highest BCUT2D eigenvalue weighted by Gasteiger charge is 2.37. The standard InChI is InChI=1S/C11H14BrF2NS/c12-9-6-16-5-8(9)10(15)7-1-3-11(13,14)4-2-7/h5-7,10H,1-4,15H2. The number of rotatable bonds is 2. The Morgan fingerprint density at radius 2 is 2.00 bits per heavy atom. The molecule has 0 bridgehead atoms. The lowest BCUT2D eigenvalue weighted by Gasteiger charge is -2.31. The molecule has 1 aliphatic carbocycles. The highest BCUT2D eigenvalue weighted by molar-refractivity contribution is 9.10. The fraction of sp³-hybridized carbons (Fsp3) is 0.636. The van der Waals surface area contributed by atoms with Crippen molar-refractivity contribution in [2.24, 2.45) is 11.7 Å². The molecule has 1 fully saturated rings. The number of halogens is 3. The van der Waals surface area contributed by atoms with Crippen LogP contribution in [-0.2, 0) is 0 Å². The minimum absolute atomic E-state index is 0.0207. The van der Waals surface area contributed by atoms with Gasteiger partial charge in [-0.2, -0.15) is 11.3 Å². The van der Waals surface area contributed by atoms with Crippen LogP contribution in [-0.4, -0.2) is 5.92 Å². The van der Waals surface area contributed by atoms with Gasteiger partial charge < -0.3 is 5.73 Å². The molecule has 5 heteroatoms. The lowest BCUT2D eigenvalue weighted by molar-refractivity contribution is -0.0483. The molecule has 16 heavy (non-hydrogen) atoms. The van der Waals surface area contributed by atoms with Crippen molar-refractivity contribution in [2.75, 3.05) is 0 Å². The third-order valence-corrected chi connectivity index (χ3v) is 5.02. The van der Waals surface area contributed by atoms with Crippen LogP contribution in [0.1, 0.15) is 37.3 Å². The molecule has 2 N–H and O–H groups in total. The van der Waals surface area contributed by atoms with E-state index in [0.717, 1.165) is 10.0 Å². The van der Waals surface area contributed by atoms with Crippen LogP contribution in [0.5, 0.6) is 0 Å². The van der Waals surface area contributed by atoms with E-state index in [1.807, 2.05) is 10.8 Å². The molecule has 0 radical (unpaired) electrons. The van der Waals surface area contributed by atoms with Gasteiger partial charge in [-0.1, -0.05) is 0 Å². The zero-order valence-electron chi connectivity index (χ0n) is 8.76. The fourth-order valence-corrected chi connectivity index (χ4v) is 3.81. The van der Waals surface area contributed by atoms with E-state index in [-0.39, 0.29) is 24.8 Å². The van der Waals surface area contributed by atoms with Crippen molar-refractivity contribution in [3.05, 3.63) is 20.8 Å². The first-order chi connectivity index (χ1) is 7.49. The van der Waals surface area contributed by atoms with Crippen molar-refractivity contribution in [1.29, 1.82) is 0 Å². The molecule has 1 nitrogen and oxygen atoms in total. The first kappa shape index (κ1) is 12.5. The molecule has 0 amide bonds. The predicted molar refractivity (Wildman–Crippen MR) is 65.9 cm³/mol. The van der Waals surface area contributed by atoms with Crippen molar-refractivity contribution in [3.8, 4) is 0 Å². The Kier molecular flexibility index (Phi) is 3.66. The van der Waals surface area contributed by atoms with E-state index in [4.69, 9.17) is 5.73 Å². The van der Waals surface area contributed by atoms with Gasteiger partial charge in [-0.05, 0) is 45.6 Å². The molecule has 1 atom stereocenters. The maximum Gasteiger partial charge on any atom is 0.248 e. The molecular weight excluding hydrogens is 296 g/mol. The minimum Gasteiger partial charge on any atom is -0.324 e. The lowest BCUT2D eigenvalue weighted by Crippen LogP contribution is -2.30. The van der Waals surface area contributed by atoms with Crippen molar-refractivity contribution < 1.29 is 8.78 Å². The highest BCUT2D eigenvalue weighted by Crippen LogP contribution is 2.42. The third kappa shape index (κ3) is 2.63. The van der Waals surface area contributed by atoms with Gasteiger partial charge in [-0.15, -0.1) is 0 Å². The number of nitrogens with two attached hydrogens (primary N) is 1. The van der Waals surface area contributed by atoms with Crippen LogP contribution in [0.15, 0.2) is 15.2 Å². The smallest absolute Gasteiger partial charge is 0.248 e. The van der Waals surface area contributed by atoms with E-state index in [9.17, 15) is 8.78 Å². The molecule has 0 spiro atoms. The summed E-state index contributed by atoms with van der Waals surface area (Å²) in [6, 6.07) is -0.114. The quantitative estimate of drug-likeness (QED) is 0.864. The highest BCUT2D eigenvalue weighted by atomic mass is 79.9. The van der Waals surface area contributed by atoms with Crippen LogP contribution in [0.2, 0.25) is 0 Å². The fourth-order valence-electron chi connectivity index (χ4n) is 2.20. The van der Waals surface area contributed by atoms with E-state index >= 15 is 0 Å². The average molecular weight is 310 g/mol. The Hall–Kier alpha value is -0.000000000000000111. The Bertz CT molecular complexity index is 357. The topological polar surface area (TPSA) is 26.0 Å². The van der Waals surface area contributed by atoms with Gasteiger partial charge in [0.05, 0.1) is 0 Å². The van der Waals surface area contributed by atoms with Crippen LogP contribution < -0.4 is 5.73 Å². The predicted octanol–water partition coefficient (Wildman–Crippen LogP) is 4.34. The van der Waals surface area contributed by atoms with E-state index in [2.05, 4.69) is 15.9 Å². The van der Waals surface area contributed by atoms with Crippen molar-refractivity contribution in [1.82, 2.24) is 0 Å². The summed E-state index contributed by atoms with van der Waals surface area (Å²) in [5, 5.41) is 3.98. The number of alkyl halides is 2. The van der Waals surface area contributed by atoms with Gasteiger partial charge in [0.15, 0.2) is 0 Å². The van der Waals surface area contributed by atoms with Gasteiger partial charge in [0, 0.05) is 28.7 Å². The largest absolute Gasteiger partial charge is 0.324 e. The number of hydrogen-bond acceptors (Lipinski definition) is 2. The van der Waals surface area contributed by atoms with Crippen LogP contribution in [0, 0.1) is 5.92 Å². The van der Waals surface area contributed by atoms with Gasteiger partial charge >= 0.3 is 0 Å². The van der Waals surface area contributed by atoms with Crippen molar-refractivity contribution in [2.45, 2.75) is 37.6 Å². The summed E-state index contributed by atoms with van der Waals surface area (Å²) in [5.74, 6) is -2.28. The second-order valence-electron chi connectivity index (χ2n) is 4.39. The van der Waals surface area contributed by atoms with E-state index in [1.54, 1.807) is 11.3 Å². The normalized spacial score (nSPS) is 23.2. The van der Waals surface area contributed by atoms with Crippen molar-refractivity contribution >= 4 is 27.3 Å². The molecule has 1 aliphatic rings. The molecule has 0 aliphatic heterocycles. The van der Waals surface area contributed by atoms with Gasteiger partial charge in [0.2, 0.25) is 5.92 Å². The first-order valence-corrected chi connectivity index (χ1v) is 7.08. The maximum absolute atomic E-state index is 13.0. The SMILES string of the molecule is NC(c1cscc1Br)C1CCC(F)(F)CC1. The van der Waals surface area contributed by atoms with Crippen LogP contribution >= 0.6 is 27.3 Å². The molecule has 90 valence electrons. The molecule has 0 aromatic carbocycles. The zero-order valence-corrected chi connectivity index (χ0v) is 11.2. The number of thiophene rings is 1. The Labute approximate surface area is 106 Å². The molecule has 1 unspecified atom stereocenters. The van der Waals surface area contributed by atoms with Crippen LogP contribution in [0.3, 0.4) is 0 Å². The molecule has 1 aromatic heterocycles. The van der Waals surface area contributed by atoms with Gasteiger partial charge in [-0.3, -0.25) is 0 Å². The molecule has 1 heterocycles. The summed E-state index contributed by atoms with van der Waals surface area (Å²) in [4.78, 5) is 0.